The van der Waals surface area contributed by atoms with Gasteiger partial charge in [-0.25, -0.2) is 4.79 Å². The highest BCUT2D eigenvalue weighted by molar-refractivity contribution is 5.94. The van der Waals surface area contributed by atoms with Gasteiger partial charge < -0.3 is 9.84 Å². The van der Waals surface area contributed by atoms with Crippen LogP contribution in [0.3, 0.4) is 0 Å². The largest absolute Gasteiger partial charge is 0.507 e. The number of carbonyl (C=O) groups excluding carboxylic acids is 1. The number of ether oxygens (including phenoxy) is 1. The summed E-state index contributed by atoms with van der Waals surface area (Å²) in [6, 6.07) is -0.229. The van der Waals surface area contributed by atoms with Crippen molar-refractivity contribution in [1.29, 1.82) is 0 Å². The van der Waals surface area contributed by atoms with E-state index in [0.717, 1.165) is 7.11 Å². The number of benzene rings is 1. The maximum atomic E-state index is 12.6. The van der Waals surface area contributed by atoms with Crippen LogP contribution in [-0.2, 0) is 17.1 Å². The van der Waals surface area contributed by atoms with Crippen molar-refractivity contribution in [2.45, 2.75) is 12.4 Å². The molecule has 3 nitrogen and oxygen atoms in total. The van der Waals surface area contributed by atoms with Crippen molar-refractivity contribution in [3.63, 3.8) is 0 Å². The summed E-state index contributed by atoms with van der Waals surface area (Å²) >= 11 is 0. The van der Waals surface area contributed by atoms with Crippen LogP contribution in [0, 0.1) is 0 Å². The summed E-state index contributed by atoms with van der Waals surface area (Å²) < 4.78 is 78.9. The Kier molecular flexibility index (Phi) is 3.69. The fourth-order valence-corrected chi connectivity index (χ4v) is 1.33. The number of rotatable bonds is 1. The lowest BCUT2D eigenvalue weighted by Crippen LogP contribution is -2.17. The van der Waals surface area contributed by atoms with E-state index >= 15 is 0 Å². The van der Waals surface area contributed by atoms with Crippen LogP contribution in [0.2, 0.25) is 0 Å². The Bertz CT molecular complexity index is 503. The van der Waals surface area contributed by atoms with Crippen LogP contribution in [0.1, 0.15) is 21.5 Å². The topological polar surface area (TPSA) is 46.5 Å². The predicted molar refractivity (Wildman–Crippen MR) is 49.5 cm³/mol. The summed E-state index contributed by atoms with van der Waals surface area (Å²) in [6.45, 7) is 0. The molecule has 0 aromatic heterocycles. The smallest absolute Gasteiger partial charge is 0.417 e. The summed E-state index contributed by atoms with van der Waals surface area (Å²) in [4.78, 5) is 11.1. The van der Waals surface area contributed by atoms with Crippen molar-refractivity contribution >= 4 is 5.97 Å². The summed E-state index contributed by atoms with van der Waals surface area (Å²) in [5.41, 5.74) is -4.99. The van der Waals surface area contributed by atoms with E-state index in [1.807, 2.05) is 0 Å². The molecule has 1 N–H and O–H groups in total. The standard InChI is InChI=1S/C10H6F6O3/c1-19-8(18)7-5(10(14,15)16)2-4(3-6(7)17)9(11,12)13/h2-3,17H,1H3. The van der Waals surface area contributed by atoms with Crippen LogP contribution in [0.15, 0.2) is 12.1 Å². The summed E-state index contributed by atoms with van der Waals surface area (Å²) in [5.74, 6) is -3.03. The quantitative estimate of drug-likeness (QED) is 0.637. The first-order valence-corrected chi connectivity index (χ1v) is 4.58. The number of phenols is 1. The van der Waals surface area contributed by atoms with E-state index in [1.165, 1.54) is 0 Å². The fourth-order valence-electron chi connectivity index (χ4n) is 1.33. The van der Waals surface area contributed by atoms with Gasteiger partial charge in [0, 0.05) is 0 Å². The zero-order valence-electron chi connectivity index (χ0n) is 9.19. The Labute approximate surface area is 102 Å². The Morgan fingerprint density at radius 1 is 1.11 bits per heavy atom. The highest BCUT2D eigenvalue weighted by Gasteiger charge is 2.41. The molecule has 0 amide bonds. The number of aromatic hydroxyl groups is 1. The first kappa shape index (κ1) is 15.1. The molecule has 9 heteroatoms. The number of esters is 1. The number of phenolic OH excluding ortho intramolecular Hbond substituents is 1. The van der Waals surface area contributed by atoms with Crippen LogP contribution < -0.4 is 0 Å². The second-order valence-electron chi connectivity index (χ2n) is 3.41. The number of carbonyl (C=O) groups is 1. The van der Waals surface area contributed by atoms with Gasteiger partial charge >= 0.3 is 18.3 Å². The summed E-state index contributed by atoms with van der Waals surface area (Å²) in [7, 11) is 0.736. The van der Waals surface area contributed by atoms with Gasteiger partial charge in [-0.2, -0.15) is 26.3 Å². The van der Waals surface area contributed by atoms with Crippen LogP contribution in [-0.4, -0.2) is 18.2 Å². The highest BCUT2D eigenvalue weighted by atomic mass is 19.4. The van der Waals surface area contributed by atoms with Gasteiger partial charge in [-0.1, -0.05) is 0 Å². The minimum atomic E-state index is -5.25. The number of halogens is 6. The van der Waals surface area contributed by atoms with E-state index in [4.69, 9.17) is 0 Å². The van der Waals surface area contributed by atoms with Gasteiger partial charge in [0.2, 0.25) is 0 Å². The normalized spacial score (nSPS) is 12.4. The van der Waals surface area contributed by atoms with Gasteiger partial charge in [-0.05, 0) is 12.1 Å². The van der Waals surface area contributed by atoms with Crippen LogP contribution in [0.5, 0.6) is 5.75 Å². The second-order valence-corrected chi connectivity index (χ2v) is 3.41. The average Bonchev–Trinajstić information content (AvgIpc) is 2.24. The van der Waals surface area contributed by atoms with E-state index in [0.29, 0.717) is 0 Å². The van der Waals surface area contributed by atoms with Crippen molar-refractivity contribution in [2.75, 3.05) is 7.11 Å². The molecule has 0 atom stereocenters. The number of hydrogen-bond acceptors (Lipinski definition) is 3. The lowest BCUT2D eigenvalue weighted by atomic mass is 10.0. The predicted octanol–water partition coefficient (Wildman–Crippen LogP) is 3.22. The van der Waals surface area contributed by atoms with Gasteiger partial charge in [0.1, 0.15) is 11.3 Å². The van der Waals surface area contributed by atoms with E-state index in [-0.39, 0.29) is 12.1 Å². The third-order valence-electron chi connectivity index (χ3n) is 2.14. The minimum Gasteiger partial charge on any atom is -0.507 e. The molecular weight excluding hydrogens is 282 g/mol. The average molecular weight is 288 g/mol. The Hall–Kier alpha value is -1.93. The van der Waals surface area contributed by atoms with E-state index in [1.54, 1.807) is 0 Å². The van der Waals surface area contributed by atoms with Gasteiger partial charge in [0.25, 0.3) is 0 Å². The Morgan fingerprint density at radius 2 is 1.63 bits per heavy atom. The number of hydrogen-bond donors (Lipinski definition) is 1. The minimum absolute atomic E-state index is 0.0293. The van der Waals surface area contributed by atoms with E-state index in [9.17, 15) is 36.2 Å². The third kappa shape index (κ3) is 3.09. The van der Waals surface area contributed by atoms with Crippen LogP contribution in [0.25, 0.3) is 0 Å². The molecular formula is C10H6F6O3. The molecule has 0 aliphatic heterocycles. The molecule has 0 saturated carbocycles. The zero-order valence-corrected chi connectivity index (χ0v) is 9.19. The molecule has 1 rings (SSSR count). The lowest BCUT2D eigenvalue weighted by molar-refractivity contribution is -0.143. The van der Waals surface area contributed by atoms with Gasteiger partial charge in [-0.3, -0.25) is 0 Å². The molecule has 0 aliphatic carbocycles. The molecule has 0 fully saturated rings. The van der Waals surface area contributed by atoms with Crippen molar-refractivity contribution in [3.8, 4) is 5.75 Å². The monoisotopic (exact) mass is 288 g/mol. The third-order valence-corrected chi connectivity index (χ3v) is 2.14. The van der Waals surface area contributed by atoms with Crippen molar-refractivity contribution < 1.29 is 41.0 Å². The van der Waals surface area contributed by atoms with Gasteiger partial charge in [-0.15, -0.1) is 0 Å². The van der Waals surface area contributed by atoms with Gasteiger partial charge in [0.15, 0.2) is 0 Å². The van der Waals surface area contributed by atoms with Crippen molar-refractivity contribution in [2.24, 2.45) is 0 Å². The molecule has 1 aromatic carbocycles. The molecule has 0 saturated heterocycles. The summed E-state index contributed by atoms with van der Waals surface area (Å²) in [5, 5.41) is 9.20. The SMILES string of the molecule is COC(=O)c1c(O)cc(C(F)(F)F)cc1C(F)(F)F. The van der Waals surface area contributed by atoms with E-state index < -0.39 is 40.8 Å². The first-order valence-electron chi connectivity index (χ1n) is 4.58. The fraction of sp³-hybridized carbons (Fsp3) is 0.300. The van der Waals surface area contributed by atoms with Crippen LogP contribution >= 0.6 is 0 Å². The maximum Gasteiger partial charge on any atom is 0.417 e. The number of methoxy groups -OCH3 is 1. The molecule has 19 heavy (non-hydrogen) atoms. The Morgan fingerprint density at radius 3 is 2.00 bits per heavy atom. The molecule has 0 spiro atoms. The van der Waals surface area contributed by atoms with E-state index in [2.05, 4.69) is 4.74 Å². The summed E-state index contributed by atoms with van der Waals surface area (Å²) in [6.07, 6.45) is -10.3. The molecule has 0 bridgehead atoms. The van der Waals surface area contributed by atoms with Crippen LogP contribution in [0.4, 0.5) is 26.3 Å². The molecule has 1 aromatic rings. The molecule has 106 valence electrons. The first-order chi connectivity index (χ1) is 8.48. The van der Waals surface area contributed by atoms with Gasteiger partial charge in [0.05, 0.1) is 18.2 Å². The lowest BCUT2D eigenvalue weighted by Gasteiger charge is -2.16. The number of alkyl halides is 6. The van der Waals surface area contributed by atoms with Crippen molar-refractivity contribution in [1.82, 2.24) is 0 Å². The Balaban J connectivity index is 3.62. The maximum absolute atomic E-state index is 12.6. The highest BCUT2D eigenvalue weighted by Crippen LogP contribution is 2.41. The van der Waals surface area contributed by atoms with Crippen molar-refractivity contribution in [3.05, 3.63) is 28.8 Å². The molecule has 0 aliphatic rings. The zero-order chi connectivity index (χ0) is 15.0. The molecule has 0 radical (unpaired) electrons. The molecule has 0 heterocycles. The molecule has 0 unspecified atom stereocenters. The second kappa shape index (κ2) is 4.63.